The molecule has 2 rings (SSSR count). The summed E-state index contributed by atoms with van der Waals surface area (Å²) in [5.41, 5.74) is 1.26. The normalized spacial score (nSPS) is 27.7. The maximum Gasteiger partial charge on any atom is 0.0475 e. The van der Waals surface area contributed by atoms with Crippen LogP contribution < -0.4 is 10.6 Å². The number of hydrogen-bond donors (Lipinski definition) is 2. The Labute approximate surface area is 79.4 Å². The van der Waals surface area contributed by atoms with Gasteiger partial charge in [-0.05, 0) is 38.0 Å². The summed E-state index contributed by atoms with van der Waals surface area (Å²) in [6, 6.07) is 0.473. The number of allylic oxidation sites excluding steroid dienone is 4. The van der Waals surface area contributed by atoms with Gasteiger partial charge in [-0.1, -0.05) is 12.2 Å². The third kappa shape index (κ3) is 2.22. The summed E-state index contributed by atoms with van der Waals surface area (Å²) in [5, 5.41) is 6.77. The highest BCUT2D eigenvalue weighted by Crippen LogP contribution is 2.13. The largest absolute Gasteiger partial charge is 0.364 e. The Hall–Kier alpha value is -1.02. The van der Waals surface area contributed by atoms with Crippen LogP contribution in [0.4, 0.5) is 0 Å². The van der Waals surface area contributed by atoms with Crippen molar-refractivity contribution in [1.82, 2.24) is 10.6 Å². The van der Waals surface area contributed by atoms with Crippen molar-refractivity contribution in [3.8, 4) is 0 Å². The van der Waals surface area contributed by atoms with E-state index in [1.807, 2.05) is 18.4 Å². The molecule has 0 aromatic carbocycles. The van der Waals surface area contributed by atoms with Crippen molar-refractivity contribution in [3.63, 3.8) is 0 Å². The fourth-order valence-corrected chi connectivity index (χ4v) is 1.65. The fourth-order valence-electron chi connectivity index (χ4n) is 1.65. The van der Waals surface area contributed by atoms with E-state index in [-0.39, 0.29) is 0 Å². The molecule has 1 saturated heterocycles. The molecule has 2 heterocycles. The molecule has 2 aliphatic heterocycles. The Morgan fingerprint density at radius 3 is 3.08 bits per heavy atom. The molecule has 0 spiro atoms. The average Bonchev–Trinajstić information content (AvgIpc) is 2.47. The van der Waals surface area contributed by atoms with Gasteiger partial charge in [-0.3, -0.25) is 0 Å². The van der Waals surface area contributed by atoms with Crippen molar-refractivity contribution in [3.05, 3.63) is 42.6 Å². The first-order valence-electron chi connectivity index (χ1n) is 4.82. The van der Waals surface area contributed by atoms with Crippen LogP contribution in [-0.2, 0) is 0 Å². The van der Waals surface area contributed by atoms with Gasteiger partial charge in [-0.2, -0.15) is 0 Å². The first-order chi connectivity index (χ1) is 6.47. The summed E-state index contributed by atoms with van der Waals surface area (Å²) in [5.74, 6) is 0. The van der Waals surface area contributed by atoms with E-state index < -0.39 is 0 Å². The standard InChI is InChI=1S/C11H15N2/c1-2-6-10(12-8-4-1)11-7-3-5-9-13-11/h1-4,6,8,11-13H,5,7,9H2. The first-order valence-corrected chi connectivity index (χ1v) is 4.82. The quantitative estimate of drug-likeness (QED) is 0.631. The summed E-state index contributed by atoms with van der Waals surface area (Å²) in [6.07, 6.45) is 14.9. The van der Waals surface area contributed by atoms with E-state index >= 15 is 0 Å². The summed E-state index contributed by atoms with van der Waals surface area (Å²) in [7, 11) is 0. The zero-order valence-corrected chi connectivity index (χ0v) is 7.66. The molecule has 2 N–H and O–H groups in total. The Kier molecular flexibility index (Phi) is 2.82. The number of rotatable bonds is 1. The van der Waals surface area contributed by atoms with E-state index in [1.54, 1.807) is 0 Å². The van der Waals surface area contributed by atoms with Crippen LogP contribution >= 0.6 is 0 Å². The van der Waals surface area contributed by atoms with E-state index in [2.05, 4.69) is 29.2 Å². The molecule has 2 aliphatic rings. The minimum atomic E-state index is 0.473. The number of hydrogen-bond acceptors (Lipinski definition) is 2. The van der Waals surface area contributed by atoms with Gasteiger partial charge in [0.1, 0.15) is 0 Å². The maximum atomic E-state index is 3.49. The lowest BCUT2D eigenvalue weighted by Crippen LogP contribution is -2.38. The first kappa shape index (κ1) is 8.57. The van der Waals surface area contributed by atoms with Crippen LogP contribution in [0.5, 0.6) is 0 Å². The molecule has 2 nitrogen and oxygen atoms in total. The van der Waals surface area contributed by atoms with E-state index in [0.717, 1.165) is 13.0 Å². The van der Waals surface area contributed by atoms with Crippen LogP contribution in [-0.4, -0.2) is 12.6 Å². The molecule has 0 amide bonds. The van der Waals surface area contributed by atoms with Crippen molar-refractivity contribution < 1.29 is 0 Å². The van der Waals surface area contributed by atoms with Gasteiger partial charge in [0.2, 0.25) is 0 Å². The summed E-state index contributed by atoms with van der Waals surface area (Å²) < 4.78 is 0. The van der Waals surface area contributed by atoms with Crippen molar-refractivity contribution in [2.75, 3.05) is 6.54 Å². The molecule has 1 atom stereocenters. The molecule has 69 valence electrons. The molecule has 1 unspecified atom stereocenters. The van der Waals surface area contributed by atoms with Gasteiger partial charge in [-0.15, -0.1) is 0 Å². The Balaban J connectivity index is 2.01. The van der Waals surface area contributed by atoms with Crippen LogP contribution in [0.2, 0.25) is 0 Å². The van der Waals surface area contributed by atoms with Crippen molar-refractivity contribution in [2.45, 2.75) is 18.9 Å². The van der Waals surface area contributed by atoms with Crippen molar-refractivity contribution >= 4 is 0 Å². The average molecular weight is 175 g/mol. The molecule has 0 bridgehead atoms. The smallest absolute Gasteiger partial charge is 0.0475 e. The molecule has 13 heavy (non-hydrogen) atoms. The van der Waals surface area contributed by atoms with Crippen molar-refractivity contribution in [1.29, 1.82) is 0 Å². The minimum absolute atomic E-state index is 0.473. The van der Waals surface area contributed by atoms with Gasteiger partial charge in [-0.25, -0.2) is 0 Å². The second-order valence-electron chi connectivity index (χ2n) is 3.33. The summed E-state index contributed by atoms with van der Waals surface area (Å²) in [6.45, 7) is 1.09. The predicted octanol–water partition coefficient (Wildman–Crippen LogP) is 1.50. The highest BCUT2D eigenvalue weighted by Gasteiger charge is 2.15. The second-order valence-corrected chi connectivity index (χ2v) is 3.33. The Morgan fingerprint density at radius 1 is 1.23 bits per heavy atom. The fraction of sp³-hybridized carbons (Fsp3) is 0.364. The van der Waals surface area contributed by atoms with Crippen molar-refractivity contribution in [2.24, 2.45) is 0 Å². The molecular formula is C11H15N2. The van der Waals surface area contributed by atoms with Gasteiger partial charge in [0, 0.05) is 17.9 Å². The monoisotopic (exact) mass is 175 g/mol. The van der Waals surface area contributed by atoms with E-state index in [4.69, 9.17) is 0 Å². The van der Waals surface area contributed by atoms with Gasteiger partial charge in [0.15, 0.2) is 0 Å². The highest BCUT2D eigenvalue weighted by atomic mass is 15.0. The van der Waals surface area contributed by atoms with Crippen LogP contribution in [0.25, 0.3) is 0 Å². The molecular weight excluding hydrogens is 160 g/mol. The molecule has 0 aromatic heterocycles. The second kappa shape index (κ2) is 4.28. The molecule has 2 heteroatoms. The van der Waals surface area contributed by atoms with Crippen LogP contribution in [0.3, 0.4) is 0 Å². The molecule has 1 radical (unpaired) electrons. The predicted molar refractivity (Wildman–Crippen MR) is 54.8 cm³/mol. The van der Waals surface area contributed by atoms with E-state index in [1.165, 1.54) is 12.1 Å². The number of piperidine rings is 1. The van der Waals surface area contributed by atoms with Crippen LogP contribution in [0.15, 0.2) is 36.2 Å². The lowest BCUT2D eigenvalue weighted by atomic mass is 10.0. The van der Waals surface area contributed by atoms with Gasteiger partial charge in [0.05, 0.1) is 0 Å². The lowest BCUT2D eigenvalue weighted by molar-refractivity contribution is 0.493. The van der Waals surface area contributed by atoms with Crippen LogP contribution in [0, 0.1) is 6.42 Å². The van der Waals surface area contributed by atoms with E-state index in [0.29, 0.717) is 6.04 Å². The topological polar surface area (TPSA) is 24.1 Å². The minimum Gasteiger partial charge on any atom is -0.364 e. The molecule has 0 saturated carbocycles. The third-order valence-electron chi connectivity index (χ3n) is 2.36. The van der Waals surface area contributed by atoms with Gasteiger partial charge < -0.3 is 10.6 Å². The molecule has 1 fully saturated rings. The summed E-state index contributed by atoms with van der Waals surface area (Å²) in [4.78, 5) is 0. The highest BCUT2D eigenvalue weighted by molar-refractivity contribution is 5.25. The Morgan fingerprint density at radius 2 is 2.23 bits per heavy atom. The van der Waals surface area contributed by atoms with Gasteiger partial charge in [0.25, 0.3) is 0 Å². The summed E-state index contributed by atoms with van der Waals surface area (Å²) >= 11 is 0. The third-order valence-corrected chi connectivity index (χ3v) is 2.36. The lowest BCUT2D eigenvalue weighted by Gasteiger charge is -2.25. The van der Waals surface area contributed by atoms with E-state index in [9.17, 15) is 0 Å². The zero-order chi connectivity index (χ0) is 8.93. The molecule has 0 aliphatic carbocycles. The van der Waals surface area contributed by atoms with Crippen LogP contribution in [0.1, 0.15) is 12.8 Å². The number of nitrogens with one attached hydrogen (secondary N) is 2. The maximum absolute atomic E-state index is 3.49. The SMILES string of the molecule is [CH]1CCNC(C2=CC=CC=CN2)C1. The molecule has 0 aromatic rings. The zero-order valence-electron chi connectivity index (χ0n) is 7.66. The Bertz CT molecular complexity index is 245. The van der Waals surface area contributed by atoms with Gasteiger partial charge >= 0.3 is 0 Å².